The lowest BCUT2D eigenvalue weighted by Crippen LogP contribution is -2.61. The highest BCUT2D eigenvalue weighted by atomic mass is 16.5. The van der Waals surface area contributed by atoms with Crippen LogP contribution < -0.4 is 0 Å². The van der Waals surface area contributed by atoms with Gasteiger partial charge >= 0.3 is 0 Å². The van der Waals surface area contributed by atoms with Crippen LogP contribution in [0.5, 0.6) is 0 Å². The van der Waals surface area contributed by atoms with Gasteiger partial charge in [-0.25, -0.2) is 0 Å². The maximum absolute atomic E-state index is 10.4. The fourth-order valence-electron chi connectivity index (χ4n) is 3.78. The Labute approximate surface area is 112 Å². The van der Waals surface area contributed by atoms with Crippen LogP contribution in [-0.4, -0.2) is 46.4 Å². The molecule has 1 N–H and O–H groups in total. The summed E-state index contributed by atoms with van der Waals surface area (Å²) in [5.74, 6) is 0. The predicted octanol–water partition coefficient (Wildman–Crippen LogP) is 2.57. The minimum atomic E-state index is -0.155. The molecular weight excluding hydrogens is 226 g/mol. The van der Waals surface area contributed by atoms with Crippen molar-refractivity contribution in [3.8, 4) is 0 Å². The molecule has 0 amide bonds. The second-order valence-corrected chi connectivity index (χ2v) is 7.30. The highest BCUT2D eigenvalue weighted by Gasteiger charge is 2.42. The van der Waals surface area contributed by atoms with Gasteiger partial charge in [0.15, 0.2) is 0 Å². The minimum Gasteiger partial charge on any atom is -0.391 e. The van der Waals surface area contributed by atoms with Crippen molar-refractivity contribution >= 4 is 0 Å². The molecule has 0 aromatic heterocycles. The number of aliphatic hydroxyl groups excluding tert-OH is 1. The van der Waals surface area contributed by atoms with E-state index >= 15 is 0 Å². The summed E-state index contributed by atoms with van der Waals surface area (Å²) in [6.45, 7) is 10.5. The summed E-state index contributed by atoms with van der Waals surface area (Å²) in [6, 6.07) is 0.329. The monoisotopic (exact) mass is 255 g/mol. The molecule has 18 heavy (non-hydrogen) atoms. The van der Waals surface area contributed by atoms with E-state index in [-0.39, 0.29) is 17.3 Å². The molecule has 2 atom stereocenters. The maximum atomic E-state index is 10.4. The largest absolute Gasteiger partial charge is 0.391 e. The summed E-state index contributed by atoms with van der Waals surface area (Å²) in [6.07, 6.45) is 5.63. The molecule has 0 aromatic rings. The summed E-state index contributed by atoms with van der Waals surface area (Å²) in [7, 11) is 0. The molecule has 2 rings (SSSR count). The molecule has 2 aliphatic rings. The highest BCUT2D eigenvalue weighted by molar-refractivity contribution is 4.94. The standard InChI is InChI=1S/C15H29NO2/c1-14(2)10-16(11-15(3,4)18-14)12-8-6-5-7-9-13(12)17/h12-13,17H,5-11H2,1-4H3. The molecule has 2 unspecified atom stereocenters. The van der Waals surface area contributed by atoms with Crippen molar-refractivity contribution in [1.82, 2.24) is 4.90 Å². The van der Waals surface area contributed by atoms with Crippen molar-refractivity contribution in [2.24, 2.45) is 0 Å². The molecule has 3 heteroatoms. The predicted molar refractivity (Wildman–Crippen MR) is 73.7 cm³/mol. The zero-order valence-electron chi connectivity index (χ0n) is 12.4. The summed E-state index contributed by atoms with van der Waals surface area (Å²) >= 11 is 0. The van der Waals surface area contributed by atoms with E-state index in [4.69, 9.17) is 4.74 Å². The Hall–Kier alpha value is -0.120. The Morgan fingerprint density at radius 1 is 0.944 bits per heavy atom. The first-order valence-electron chi connectivity index (χ1n) is 7.41. The zero-order chi connectivity index (χ0) is 13.4. The van der Waals surface area contributed by atoms with Gasteiger partial charge in [-0.05, 0) is 40.5 Å². The smallest absolute Gasteiger partial charge is 0.0760 e. The van der Waals surface area contributed by atoms with E-state index in [0.29, 0.717) is 6.04 Å². The van der Waals surface area contributed by atoms with Crippen LogP contribution in [0.25, 0.3) is 0 Å². The van der Waals surface area contributed by atoms with Crippen molar-refractivity contribution in [2.45, 2.75) is 83.1 Å². The molecule has 1 saturated heterocycles. The van der Waals surface area contributed by atoms with E-state index in [1.54, 1.807) is 0 Å². The van der Waals surface area contributed by atoms with E-state index in [9.17, 15) is 5.11 Å². The molecule has 1 heterocycles. The van der Waals surface area contributed by atoms with Gasteiger partial charge < -0.3 is 9.84 Å². The lowest BCUT2D eigenvalue weighted by molar-refractivity contribution is -0.194. The Morgan fingerprint density at radius 3 is 2.11 bits per heavy atom. The van der Waals surface area contributed by atoms with E-state index < -0.39 is 0 Å². The molecule has 0 spiro atoms. The fourth-order valence-corrected chi connectivity index (χ4v) is 3.78. The van der Waals surface area contributed by atoms with Crippen molar-refractivity contribution < 1.29 is 9.84 Å². The lowest BCUT2D eigenvalue weighted by atomic mass is 9.94. The third-order valence-electron chi connectivity index (χ3n) is 4.13. The molecule has 1 aliphatic heterocycles. The van der Waals surface area contributed by atoms with Crippen LogP contribution in [0.1, 0.15) is 59.8 Å². The molecule has 0 bridgehead atoms. The van der Waals surface area contributed by atoms with Gasteiger partial charge in [-0.3, -0.25) is 4.90 Å². The topological polar surface area (TPSA) is 32.7 Å². The molecule has 3 nitrogen and oxygen atoms in total. The van der Waals surface area contributed by atoms with Gasteiger partial charge in [-0.2, -0.15) is 0 Å². The molecular formula is C15H29NO2. The van der Waals surface area contributed by atoms with Gasteiger partial charge in [0.1, 0.15) is 0 Å². The molecule has 1 saturated carbocycles. The average Bonchev–Trinajstić information content (AvgIpc) is 2.37. The quantitative estimate of drug-likeness (QED) is 0.731. The number of hydrogen-bond donors (Lipinski definition) is 1. The number of ether oxygens (including phenoxy) is 1. The Kier molecular flexibility index (Phi) is 4.05. The summed E-state index contributed by atoms with van der Waals surface area (Å²) in [5, 5.41) is 10.4. The number of rotatable bonds is 1. The maximum Gasteiger partial charge on any atom is 0.0760 e. The first kappa shape index (κ1) is 14.3. The highest BCUT2D eigenvalue weighted by Crippen LogP contribution is 2.32. The molecule has 2 fully saturated rings. The normalized spacial score (nSPS) is 37.2. The van der Waals surface area contributed by atoms with E-state index in [0.717, 1.165) is 25.9 Å². The van der Waals surface area contributed by atoms with Crippen molar-refractivity contribution in [3.63, 3.8) is 0 Å². The fraction of sp³-hybridized carbons (Fsp3) is 1.00. The van der Waals surface area contributed by atoms with Crippen LogP contribution in [-0.2, 0) is 4.74 Å². The third kappa shape index (κ3) is 3.46. The lowest BCUT2D eigenvalue weighted by Gasteiger charge is -2.50. The zero-order valence-corrected chi connectivity index (χ0v) is 12.4. The van der Waals surface area contributed by atoms with Crippen molar-refractivity contribution in [3.05, 3.63) is 0 Å². The van der Waals surface area contributed by atoms with Crippen LogP contribution in [0.3, 0.4) is 0 Å². The average molecular weight is 255 g/mol. The van der Waals surface area contributed by atoms with Crippen LogP contribution in [0.2, 0.25) is 0 Å². The van der Waals surface area contributed by atoms with Gasteiger partial charge in [0, 0.05) is 19.1 Å². The first-order valence-corrected chi connectivity index (χ1v) is 7.41. The van der Waals surface area contributed by atoms with E-state index in [1.165, 1.54) is 19.3 Å². The van der Waals surface area contributed by atoms with Crippen molar-refractivity contribution in [2.75, 3.05) is 13.1 Å². The second kappa shape index (κ2) is 5.10. The van der Waals surface area contributed by atoms with Crippen molar-refractivity contribution in [1.29, 1.82) is 0 Å². The van der Waals surface area contributed by atoms with Crippen LogP contribution in [0, 0.1) is 0 Å². The van der Waals surface area contributed by atoms with Gasteiger partial charge in [0.25, 0.3) is 0 Å². The van der Waals surface area contributed by atoms with E-state index in [2.05, 4.69) is 32.6 Å². The Balaban J connectivity index is 2.10. The summed E-state index contributed by atoms with van der Waals surface area (Å²) in [5.41, 5.74) is -0.235. The van der Waals surface area contributed by atoms with Crippen LogP contribution in [0.15, 0.2) is 0 Å². The summed E-state index contributed by atoms with van der Waals surface area (Å²) < 4.78 is 6.13. The third-order valence-corrected chi connectivity index (χ3v) is 4.13. The number of hydrogen-bond acceptors (Lipinski definition) is 3. The first-order chi connectivity index (χ1) is 8.29. The Bertz CT molecular complexity index is 272. The molecule has 1 aliphatic carbocycles. The van der Waals surface area contributed by atoms with Gasteiger partial charge in [0.2, 0.25) is 0 Å². The van der Waals surface area contributed by atoms with Crippen LogP contribution in [0.4, 0.5) is 0 Å². The van der Waals surface area contributed by atoms with Gasteiger partial charge in [0.05, 0.1) is 17.3 Å². The SMILES string of the molecule is CC1(C)CN(C2CCCCCC2O)CC(C)(C)O1. The Morgan fingerprint density at radius 2 is 1.50 bits per heavy atom. The molecule has 0 radical (unpaired) electrons. The second-order valence-electron chi connectivity index (χ2n) is 7.30. The molecule has 0 aromatic carbocycles. The number of morpholine rings is 1. The minimum absolute atomic E-state index is 0.117. The van der Waals surface area contributed by atoms with Gasteiger partial charge in [-0.15, -0.1) is 0 Å². The van der Waals surface area contributed by atoms with Crippen LogP contribution >= 0.6 is 0 Å². The summed E-state index contributed by atoms with van der Waals surface area (Å²) in [4.78, 5) is 2.47. The van der Waals surface area contributed by atoms with E-state index in [1.807, 2.05) is 0 Å². The molecule has 106 valence electrons. The number of aliphatic hydroxyl groups is 1. The number of nitrogens with zero attached hydrogens (tertiary/aromatic N) is 1. The van der Waals surface area contributed by atoms with Gasteiger partial charge in [-0.1, -0.05) is 19.3 Å².